The molecule has 0 unspecified atom stereocenters. The van der Waals surface area contributed by atoms with Crippen molar-refractivity contribution in [1.82, 2.24) is 0 Å². The normalized spacial score (nSPS) is 10.8. The standard InChI is InChI=1S/C10H10BrClOS/c11-8-3-4-10(9(12)7-8)13-5-1-2-6-14/h1-4,7,14H,5-6H2. The quantitative estimate of drug-likeness (QED) is 0.653. The van der Waals surface area contributed by atoms with E-state index in [-0.39, 0.29) is 0 Å². The minimum Gasteiger partial charge on any atom is -0.488 e. The lowest BCUT2D eigenvalue weighted by Gasteiger charge is -2.05. The molecule has 0 aliphatic rings. The lowest BCUT2D eigenvalue weighted by molar-refractivity contribution is 0.363. The summed E-state index contributed by atoms with van der Waals surface area (Å²) in [6.07, 6.45) is 3.83. The molecule has 0 bridgehead atoms. The van der Waals surface area contributed by atoms with Gasteiger partial charge in [0, 0.05) is 10.2 Å². The number of hydrogen-bond acceptors (Lipinski definition) is 2. The fraction of sp³-hybridized carbons (Fsp3) is 0.200. The number of hydrogen-bond donors (Lipinski definition) is 1. The zero-order chi connectivity index (χ0) is 10.4. The summed E-state index contributed by atoms with van der Waals surface area (Å²) in [4.78, 5) is 0. The van der Waals surface area contributed by atoms with E-state index in [0.29, 0.717) is 17.4 Å². The van der Waals surface area contributed by atoms with Crippen LogP contribution in [0.1, 0.15) is 0 Å². The summed E-state index contributed by atoms with van der Waals surface area (Å²) in [6.45, 7) is 0.516. The van der Waals surface area contributed by atoms with E-state index < -0.39 is 0 Å². The number of thiol groups is 1. The van der Waals surface area contributed by atoms with Crippen molar-refractivity contribution in [3.63, 3.8) is 0 Å². The van der Waals surface area contributed by atoms with E-state index in [1.54, 1.807) is 6.07 Å². The Kier molecular flexibility index (Phi) is 5.45. The van der Waals surface area contributed by atoms with Crippen molar-refractivity contribution in [3.05, 3.63) is 39.8 Å². The Hall–Kier alpha value is -0.120. The Labute approximate surface area is 103 Å². The third kappa shape index (κ3) is 3.95. The Bertz CT molecular complexity index is 328. The minimum atomic E-state index is 0.516. The molecule has 0 aromatic heterocycles. The van der Waals surface area contributed by atoms with E-state index in [2.05, 4.69) is 28.6 Å². The number of ether oxygens (including phenoxy) is 1. The topological polar surface area (TPSA) is 9.23 Å². The van der Waals surface area contributed by atoms with Crippen LogP contribution in [-0.2, 0) is 0 Å². The van der Waals surface area contributed by atoms with Gasteiger partial charge >= 0.3 is 0 Å². The van der Waals surface area contributed by atoms with E-state index in [1.807, 2.05) is 24.3 Å². The van der Waals surface area contributed by atoms with Gasteiger partial charge in [-0.25, -0.2) is 0 Å². The summed E-state index contributed by atoms with van der Waals surface area (Å²) in [5.41, 5.74) is 0. The molecule has 0 atom stereocenters. The summed E-state index contributed by atoms with van der Waals surface area (Å²) < 4.78 is 6.37. The third-order valence-corrected chi connectivity index (χ3v) is 2.50. The first-order valence-electron chi connectivity index (χ1n) is 4.07. The van der Waals surface area contributed by atoms with Gasteiger partial charge in [-0.05, 0) is 18.2 Å². The van der Waals surface area contributed by atoms with Crippen LogP contribution in [0, 0.1) is 0 Å². The lowest BCUT2D eigenvalue weighted by atomic mass is 10.3. The molecule has 0 radical (unpaired) electrons. The highest BCUT2D eigenvalue weighted by Crippen LogP contribution is 2.27. The van der Waals surface area contributed by atoms with Crippen molar-refractivity contribution in [2.45, 2.75) is 0 Å². The monoisotopic (exact) mass is 292 g/mol. The van der Waals surface area contributed by atoms with Crippen LogP contribution in [0.15, 0.2) is 34.8 Å². The molecule has 0 N–H and O–H groups in total. The maximum absolute atomic E-state index is 5.95. The molecule has 0 aliphatic heterocycles. The van der Waals surface area contributed by atoms with Gasteiger partial charge in [0.1, 0.15) is 12.4 Å². The second-order valence-corrected chi connectivity index (χ2v) is 4.23. The van der Waals surface area contributed by atoms with Crippen molar-refractivity contribution in [2.24, 2.45) is 0 Å². The van der Waals surface area contributed by atoms with E-state index in [4.69, 9.17) is 16.3 Å². The van der Waals surface area contributed by atoms with Crippen LogP contribution in [0.2, 0.25) is 5.02 Å². The summed E-state index contributed by atoms with van der Waals surface area (Å²) in [7, 11) is 0. The largest absolute Gasteiger partial charge is 0.488 e. The molecule has 0 saturated heterocycles. The number of halogens is 2. The zero-order valence-corrected chi connectivity index (χ0v) is 10.6. The minimum absolute atomic E-state index is 0.516. The first kappa shape index (κ1) is 12.0. The second-order valence-electron chi connectivity index (χ2n) is 2.54. The summed E-state index contributed by atoms with van der Waals surface area (Å²) in [6, 6.07) is 5.53. The highest BCUT2D eigenvalue weighted by molar-refractivity contribution is 9.10. The van der Waals surface area contributed by atoms with Gasteiger partial charge in [0.2, 0.25) is 0 Å². The van der Waals surface area contributed by atoms with Crippen LogP contribution < -0.4 is 4.74 Å². The van der Waals surface area contributed by atoms with Gasteiger partial charge in [-0.3, -0.25) is 0 Å². The molecule has 14 heavy (non-hydrogen) atoms. The first-order valence-corrected chi connectivity index (χ1v) is 5.88. The number of rotatable bonds is 4. The predicted octanol–water partition coefficient (Wildman–Crippen LogP) is 3.97. The van der Waals surface area contributed by atoms with Crippen molar-refractivity contribution in [3.8, 4) is 5.75 Å². The molecule has 1 rings (SSSR count). The van der Waals surface area contributed by atoms with Crippen molar-refractivity contribution >= 4 is 40.2 Å². The van der Waals surface area contributed by atoms with Crippen LogP contribution >= 0.6 is 40.2 Å². The van der Waals surface area contributed by atoms with E-state index in [0.717, 1.165) is 10.2 Å². The van der Waals surface area contributed by atoms with Gasteiger partial charge in [0.05, 0.1) is 5.02 Å². The van der Waals surface area contributed by atoms with E-state index in [1.165, 1.54) is 0 Å². The molecule has 0 aliphatic carbocycles. The van der Waals surface area contributed by atoms with E-state index in [9.17, 15) is 0 Å². The average Bonchev–Trinajstić information content (AvgIpc) is 2.15. The van der Waals surface area contributed by atoms with Gasteiger partial charge in [0.15, 0.2) is 0 Å². The Morgan fingerprint density at radius 3 is 2.86 bits per heavy atom. The third-order valence-electron chi connectivity index (χ3n) is 1.50. The van der Waals surface area contributed by atoms with Crippen LogP contribution in [0.4, 0.5) is 0 Å². The molecule has 0 spiro atoms. The molecule has 0 heterocycles. The van der Waals surface area contributed by atoms with Gasteiger partial charge in [-0.2, -0.15) is 12.6 Å². The van der Waals surface area contributed by atoms with Crippen LogP contribution in [0.25, 0.3) is 0 Å². The Morgan fingerprint density at radius 2 is 2.21 bits per heavy atom. The molecule has 76 valence electrons. The maximum Gasteiger partial charge on any atom is 0.138 e. The number of benzene rings is 1. The lowest BCUT2D eigenvalue weighted by Crippen LogP contribution is -1.93. The van der Waals surface area contributed by atoms with Crippen LogP contribution in [-0.4, -0.2) is 12.4 Å². The summed E-state index contributed by atoms with van der Waals surface area (Å²) in [5, 5.41) is 0.610. The maximum atomic E-state index is 5.95. The smallest absolute Gasteiger partial charge is 0.138 e. The fourth-order valence-electron chi connectivity index (χ4n) is 0.873. The molecule has 1 aromatic carbocycles. The zero-order valence-electron chi connectivity index (χ0n) is 7.41. The molecule has 1 nitrogen and oxygen atoms in total. The second kappa shape index (κ2) is 6.38. The molecule has 0 amide bonds. The van der Waals surface area contributed by atoms with Gasteiger partial charge in [0.25, 0.3) is 0 Å². The Balaban J connectivity index is 2.55. The van der Waals surface area contributed by atoms with Crippen LogP contribution in [0.5, 0.6) is 5.75 Å². The van der Waals surface area contributed by atoms with Gasteiger partial charge in [-0.15, -0.1) is 0 Å². The fourth-order valence-corrected chi connectivity index (χ4v) is 1.75. The molecule has 4 heteroatoms. The van der Waals surface area contributed by atoms with E-state index >= 15 is 0 Å². The first-order chi connectivity index (χ1) is 6.74. The predicted molar refractivity (Wildman–Crippen MR) is 67.6 cm³/mol. The Morgan fingerprint density at radius 1 is 1.43 bits per heavy atom. The highest BCUT2D eigenvalue weighted by atomic mass is 79.9. The summed E-state index contributed by atoms with van der Waals surface area (Å²) in [5.74, 6) is 1.41. The molecule has 1 aromatic rings. The van der Waals surface area contributed by atoms with Crippen molar-refractivity contribution < 1.29 is 4.74 Å². The molecular weight excluding hydrogens is 284 g/mol. The average molecular weight is 294 g/mol. The summed E-state index contributed by atoms with van der Waals surface area (Å²) >= 11 is 13.3. The highest BCUT2D eigenvalue weighted by Gasteiger charge is 2.00. The molecule has 0 saturated carbocycles. The van der Waals surface area contributed by atoms with Crippen LogP contribution in [0.3, 0.4) is 0 Å². The van der Waals surface area contributed by atoms with Gasteiger partial charge < -0.3 is 4.74 Å². The SMILES string of the molecule is SCC=CCOc1ccc(Br)cc1Cl. The molecule has 0 fully saturated rings. The van der Waals surface area contributed by atoms with Crippen molar-refractivity contribution in [1.29, 1.82) is 0 Å². The van der Waals surface area contributed by atoms with Gasteiger partial charge in [-0.1, -0.05) is 39.7 Å². The van der Waals surface area contributed by atoms with Crippen molar-refractivity contribution in [2.75, 3.05) is 12.4 Å². The molecular formula is C10H10BrClOS.